The SMILES string of the molecule is NCCc1coc(CC2CCOC2)n1. The summed E-state index contributed by atoms with van der Waals surface area (Å²) >= 11 is 0. The molecule has 2 N–H and O–H groups in total. The molecular formula is C10H16N2O2. The molecule has 1 unspecified atom stereocenters. The summed E-state index contributed by atoms with van der Waals surface area (Å²) in [5.74, 6) is 1.41. The number of nitrogens with zero attached hydrogens (tertiary/aromatic N) is 1. The van der Waals surface area contributed by atoms with Gasteiger partial charge in [-0.25, -0.2) is 4.98 Å². The lowest BCUT2D eigenvalue weighted by Crippen LogP contribution is -2.05. The Morgan fingerprint density at radius 2 is 2.50 bits per heavy atom. The maximum Gasteiger partial charge on any atom is 0.194 e. The van der Waals surface area contributed by atoms with Crippen molar-refractivity contribution in [1.82, 2.24) is 4.98 Å². The Hall–Kier alpha value is -0.870. The lowest BCUT2D eigenvalue weighted by atomic mass is 10.1. The molecule has 1 aromatic rings. The van der Waals surface area contributed by atoms with Crippen molar-refractivity contribution in [3.63, 3.8) is 0 Å². The molecule has 1 aliphatic heterocycles. The van der Waals surface area contributed by atoms with E-state index in [1.54, 1.807) is 6.26 Å². The van der Waals surface area contributed by atoms with Gasteiger partial charge in [-0.15, -0.1) is 0 Å². The number of rotatable bonds is 4. The zero-order valence-electron chi connectivity index (χ0n) is 8.24. The first kappa shape index (κ1) is 9.68. The highest BCUT2D eigenvalue weighted by Gasteiger charge is 2.18. The minimum absolute atomic E-state index is 0.583. The number of nitrogens with two attached hydrogens (primary N) is 1. The van der Waals surface area contributed by atoms with Crippen molar-refractivity contribution in [2.45, 2.75) is 19.3 Å². The molecule has 4 heteroatoms. The smallest absolute Gasteiger partial charge is 0.194 e. The van der Waals surface area contributed by atoms with Crippen LogP contribution < -0.4 is 5.73 Å². The van der Waals surface area contributed by atoms with Crippen LogP contribution in [0.1, 0.15) is 18.0 Å². The topological polar surface area (TPSA) is 61.3 Å². The lowest BCUT2D eigenvalue weighted by Gasteiger charge is -2.01. The Kier molecular flexibility index (Phi) is 3.16. The third kappa shape index (κ3) is 2.33. The van der Waals surface area contributed by atoms with Gasteiger partial charge in [-0.05, 0) is 18.9 Å². The van der Waals surface area contributed by atoms with Crippen molar-refractivity contribution in [1.29, 1.82) is 0 Å². The van der Waals surface area contributed by atoms with Crippen molar-refractivity contribution < 1.29 is 9.15 Å². The van der Waals surface area contributed by atoms with E-state index in [1.807, 2.05) is 0 Å². The van der Waals surface area contributed by atoms with Crippen molar-refractivity contribution in [2.75, 3.05) is 19.8 Å². The molecule has 0 amide bonds. The highest BCUT2D eigenvalue weighted by molar-refractivity contribution is 4.98. The Balaban J connectivity index is 1.88. The summed E-state index contributed by atoms with van der Waals surface area (Å²) < 4.78 is 10.7. The van der Waals surface area contributed by atoms with Crippen LogP contribution in [0.15, 0.2) is 10.7 Å². The molecule has 0 spiro atoms. The molecular weight excluding hydrogens is 180 g/mol. The maximum absolute atomic E-state index is 5.43. The zero-order chi connectivity index (χ0) is 9.80. The van der Waals surface area contributed by atoms with E-state index in [9.17, 15) is 0 Å². The van der Waals surface area contributed by atoms with Crippen LogP contribution in [0.2, 0.25) is 0 Å². The fraction of sp³-hybridized carbons (Fsp3) is 0.700. The van der Waals surface area contributed by atoms with E-state index in [-0.39, 0.29) is 0 Å². The molecule has 1 aliphatic rings. The monoisotopic (exact) mass is 196 g/mol. The van der Waals surface area contributed by atoms with Gasteiger partial charge in [-0.1, -0.05) is 0 Å². The van der Waals surface area contributed by atoms with Crippen LogP contribution in [-0.2, 0) is 17.6 Å². The molecule has 0 radical (unpaired) electrons. The number of aromatic nitrogens is 1. The van der Waals surface area contributed by atoms with Crippen LogP contribution in [0.25, 0.3) is 0 Å². The summed E-state index contributed by atoms with van der Waals surface area (Å²) in [6, 6.07) is 0. The Morgan fingerprint density at radius 1 is 1.57 bits per heavy atom. The summed E-state index contributed by atoms with van der Waals surface area (Å²) in [6.45, 7) is 2.34. The summed E-state index contributed by atoms with van der Waals surface area (Å²) in [5.41, 5.74) is 6.39. The largest absolute Gasteiger partial charge is 0.449 e. The van der Waals surface area contributed by atoms with Gasteiger partial charge in [0.1, 0.15) is 6.26 Å². The van der Waals surface area contributed by atoms with Gasteiger partial charge in [0.15, 0.2) is 5.89 Å². The molecule has 4 nitrogen and oxygen atoms in total. The zero-order valence-corrected chi connectivity index (χ0v) is 8.24. The number of hydrogen-bond acceptors (Lipinski definition) is 4. The molecule has 0 saturated carbocycles. The van der Waals surface area contributed by atoms with Crippen LogP contribution in [0.5, 0.6) is 0 Å². The van der Waals surface area contributed by atoms with E-state index in [4.69, 9.17) is 14.9 Å². The van der Waals surface area contributed by atoms with Gasteiger partial charge in [-0.3, -0.25) is 0 Å². The van der Waals surface area contributed by atoms with Crippen LogP contribution >= 0.6 is 0 Å². The molecule has 1 aromatic heterocycles. The van der Waals surface area contributed by atoms with Gasteiger partial charge in [-0.2, -0.15) is 0 Å². The first-order chi connectivity index (χ1) is 6.88. The van der Waals surface area contributed by atoms with Crippen LogP contribution in [-0.4, -0.2) is 24.7 Å². The van der Waals surface area contributed by atoms with Crippen LogP contribution in [0.3, 0.4) is 0 Å². The molecule has 0 bridgehead atoms. The van der Waals surface area contributed by atoms with E-state index >= 15 is 0 Å². The van der Waals surface area contributed by atoms with E-state index in [0.29, 0.717) is 12.5 Å². The number of ether oxygens (including phenoxy) is 1. The minimum Gasteiger partial charge on any atom is -0.449 e. The predicted octanol–water partition coefficient (Wildman–Crippen LogP) is 0.755. The average molecular weight is 196 g/mol. The summed E-state index contributed by atoms with van der Waals surface area (Å²) in [6.07, 6.45) is 4.52. The molecule has 14 heavy (non-hydrogen) atoms. The van der Waals surface area contributed by atoms with Gasteiger partial charge in [0.2, 0.25) is 0 Å². The van der Waals surface area contributed by atoms with E-state index in [2.05, 4.69) is 4.98 Å². The highest BCUT2D eigenvalue weighted by atomic mass is 16.5. The van der Waals surface area contributed by atoms with Crippen molar-refractivity contribution >= 4 is 0 Å². The second-order valence-corrected chi connectivity index (χ2v) is 3.70. The fourth-order valence-electron chi connectivity index (χ4n) is 1.70. The highest BCUT2D eigenvalue weighted by Crippen LogP contribution is 2.17. The van der Waals surface area contributed by atoms with Gasteiger partial charge in [0.25, 0.3) is 0 Å². The third-order valence-corrected chi connectivity index (χ3v) is 2.49. The quantitative estimate of drug-likeness (QED) is 0.772. The first-order valence-electron chi connectivity index (χ1n) is 5.09. The van der Waals surface area contributed by atoms with Gasteiger partial charge in [0.05, 0.1) is 5.69 Å². The van der Waals surface area contributed by atoms with Crippen LogP contribution in [0.4, 0.5) is 0 Å². The Labute approximate surface area is 83.4 Å². The Bertz CT molecular complexity index is 279. The fourth-order valence-corrected chi connectivity index (χ4v) is 1.70. The van der Waals surface area contributed by atoms with E-state index in [1.165, 1.54) is 0 Å². The lowest BCUT2D eigenvalue weighted by molar-refractivity contribution is 0.184. The van der Waals surface area contributed by atoms with Crippen molar-refractivity contribution in [3.05, 3.63) is 17.8 Å². The molecule has 2 heterocycles. The number of hydrogen-bond donors (Lipinski definition) is 1. The van der Waals surface area contributed by atoms with Gasteiger partial charge in [0, 0.05) is 26.1 Å². The standard InChI is InChI=1S/C10H16N2O2/c11-3-1-9-7-14-10(12-9)5-8-2-4-13-6-8/h7-8H,1-6,11H2. The molecule has 1 atom stereocenters. The molecule has 0 aromatic carbocycles. The second-order valence-electron chi connectivity index (χ2n) is 3.70. The maximum atomic E-state index is 5.43. The minimum atomic E-state index is 0.583. The van der Waals surface area contributed by atoms with Crippen molar-refractivity contribution in [3.8, 4) is 0 Å². The molecule has 1 saturated heterocycles. The molecule has 0 aliphatic carbocycles. The first-order valence-corrected chi connectivity index (χ1v) is 5.09. The van der Waals surface area contributed by atoms with Crippen molar-refractivity contribution in [2.24, 2.45) is 11.7 Å². The van der Waals surface area contributed by atoms with E-state index < -0.39 is 0 Å². The van der Waals surface area contributed by atoms with Gasteiger partial charge < -0.3 is 14.9 Å². The molecule has 1 fully saturated rings. The van der Waals surface area contributed by atoms with Gasteiger partial charge >= 0.3 is 0 Å². The average Bonchev–Trinajstić information content (AvgIpc) is 2.79. The summed E-state index contributed by atoms with van der Waals surface area (Å²) in [5, 5.41) is 0. The summed E-state index contributed by atoms with van der Waals surface area (Å²) in [7, 11) is 0. The second kappa shape index (κ2) is 4.57. The molecule has 78 valence electrons. The van der Waals surface area contributed by atoms with Crippen LogP contribution in [0, 0.1) is 5.92 Å². The third-order valence-electron chi connectivity index (χ3n) is 2.49. The van der Waals surface area contributed by atoms with E-state index in [0.717, 1.165) is 44.1 Å². The molecule has 2 rings (SSSR count). The predicted molar refractivity (Wildman–Crippen MR) is 51.9 cm³/mol. The normalized spacial score (nSPS) is 21.6. The Morgan fingerprint density at radius 3 is 3.21 bits per heavy atom. The number of oxazole rings is 1. The summed E-state index contributed by atoms with van der Waals surface area (Å²) in [4.78, 5) is 4.36.